The first-order valence-electron chi connectivity index (χ1n) is 4.12. The summed E-state index contributed by atoms with van der Waals surface area (Å²) in [7, 11) is 0. The number of hydrogen-bond donors (Lipinski definition) is 2. The molecule has 72 valence electrons. The predicted octanol–water partition coefficient (Wildman–Crippen LogP) is 1.91. The number of furan rings is 1. The molecule has 3 N–H and O–H groups in total. The fraction of sp³-hybridized carbons (Fsp3) is 0.111. The summed E-state index contributed by atoms with van der Waals surface area (Å²) in [4.78, 5) is 6.75. The van der Waals surface area contributed by atoms with Gasteiger partial charge in [0.05, 0.1) is 6.26 Å². The highest BCUT2D eigenvalue weighted by Crippen LogP contribution is 2.13. The Morgan fingerprint density at radius 3 is 3.07 bits per heavy atom. The minimum Gasteiger partial charge on any atom is -0.469 e. The predicted molar refractivity (Wildman–Crippen MR) is 55.3 cm³/mol. The second-order valence-corrected chi connectivity index (χ2v) is 3.27. The van der Waals surface area contributed by atoms with Crippen molar-refractivity contribution >= 4 is 18.0 Å². The number of nitrogens with two attached hydrogens (primary N) is 1. The Bertz CT molecular complexity index is 475. The van der Waals surface area contributed by atoms with Gasteiger partial charge < -0.3 is 15.1 Å². The van der Waals surface area contributed by atoms with Gasteiger partial charge in [-0.2, -0.15) is 0 Å². The Balaban J connectivity index is 2.30. The molecule has 0 aromatic carbocycles. The molecule has 0 fully saturated rings. The van der Waals surface area contributed by atoms with Gasteiger partial charge in [0.25, 0.3) is 0 Å². The van der Waals surface area contributed by atoms with Gasteiger partial charge >= 0.3 is 0 Å². The van der Waals surface area contributed by atoms with E-state index in [1.54, 1.807) is 12.5 Å². The molecule has 0 aliphatic carbocycles. The summed E-state index contributed by atoms with van der Waals surface area (Å²) in [5, 5.41) is 0. The molecule has 0 atom stereocenters. The highest BCUT2D eigenvalue weighted by Gasteiger charge is 2.03. The van der Waals surface area contributed by atoms with Gasteiger partial charge in [-0.05, 0) is 24.4 Å². The normalized spacial score (nSPS) is 10.3. The topological polar surface area (TPSA) is 67.8 Å². The van der Waals surface area contributed by atoms with E-state index in [9.17, 15) is 0 Å². The lowest BCUT2D eigenvalue weighted by Crippen LogP contribution is -1.99. The van der Waals surface area contributed by atoms with E-state index in [-0.39, 0.29) is 0 Å². The van der Waals surface area contributed by atoms with Crippen LogP contribution in [0.4, 0.5) is 5.82 Å². The van der Waals surface area contributed by atoms with Crippen LogP contribution in [-0.4, -0.2) is 9.97 Å². The smallest absolute Gasteiger partial charge is 0.198 e. The van der Waals surface area contributed by atoms with E-state index >= 15 is 0 Å². The van der Waals surface area contributed by atoms with E-state index in [1.807, 2.05) is 12.1 Å². The third-order valence-corrected chi connectivity index (χ3v) is 2.08. The van der Waals surface area contributed by atoms with Crippen molar-refractivity contribution < 1.29 is 4.42 Å². The number of anilines is 1. The van der Waals surface area contributed by atoms with Crippen LogP contribution in [0.1, 0.15) is 11.3 Å². The average molecular weight is 207 g/mol. The molecule has 0 aliphatic rings. The first-order valence-corrected chi connectivity index (χ1v) is 4.52. The monoisotopic (exact) mass is 207 g/mol. The van der Waals surface area contributed by atoms with Gasteiger partial charge in [-0.25, -0.2) is 4.98 Å². The number of aromatic nitrogens is 2. The average Bonchev–Trinajstić information content (AvgIpc) is 2.62. The van der Waals surface area contributed by atoms with Crippen LogP contribution < -0.4 is 5.73 Å². The van der Waals surface area contributed by atoms with E-state index in [2.05, 4.69) is 9.97 Å². The van der Waals surface area contributed by atoms with E-state index in [1.165, 1.54) is 0 Å². The summed E-state index contributed by atoms with van der Waals surface area (Å²) >= 11 is 4.84. The molecule has 0 saturated heterocycles. The van der Waals surface area contributed by atoms with Crippen molar-refractivity contribution in [3.8, 4) is 0 Å². The highest BCUT2D eigenvalue weighted by atomic mass is 32.1. The minimum atomic E-state index is 0.394. The van der Waals surface area contributed by atoms with Crippen molar-refractivity contribution in [1.29, 1.82) is 0 Å². The SMILES string of the molecule is Nc1[nH]c(=S)ncc1Cc1ccco1. The quantitative estimate of drug-likeness (QED) is 0.738. The standard InChI is InChI=1S/C9H9N3OS/c10-8-6(5-11-9(14)12-8)4-7-2-1-3-13-7/h1-3,5H,4H2,(H3,10,11,12,14). The molecule has 2 aromatic rings. The second kappa shape index (κ2) is 3.63. The molecule has 0 spiro atoms. The zero-order valence-corrected chi connectivity index (χ0v) is 8.17. The van der Waals surface area contributed by atoms with Crippen LogP contribution in [-0.2, 0) is 6.42 Å². The molecule has 0 bridgehead atoms. The Morgan fingerprint density at radius 1 is 1.57 bits per heavy atom. The lowest BCUT2D eigenvalue weighted by molar-refractivity contribution is 0.520. The number of aromatic amines is 1. The second-order valence-electron chi connectivity index (χ2n) is 2.88. The van der Waals surface area contributed by atoms with Crippen molar-refractivity contribution in [3.63, 3.8) is 0 Å². The summed E-state index contributed by atoms with van der Waals surface area (Å²) in [6, 6.07) is 3.73. The molecule has 0 radical (unpaired) electrons. The maximum atomic E-state index is 5.73. The Morgan fingerprint density at radius 2 is 2.43 bits per heavy atom. The summed E-state index contributed by atoms with van der Waals surface area (Å²) < 4.78 is 5.59. The fourth-order valence-electron chi connectivity index (χ4n) is 1.18. The van der Waals surface area contributed by atoms with Crippen LogP contribution >= 0.6 is 12.2 Å². The van der Waals surface area contributed by atoms with Gasteiger partial charge in [-0.3, -0.25) is 0 Å². The van der Waals surface area contributed by atoms with Crippen molar-refractivity contribution in [2.24, 2.45) is 0 Å². The summed E-state index contributed by atoms with van der Waals surface area (Å²) in [6.07, 6.45) is 3.92. The summed E-state index contributed by atoms with van der Waals surface area (Å²) in [5.41, 5.74) is 6.62. The summed E-state index contributed by atoms with van der Waals surface area (Å²) in [6.45, 7) is 0. The van der Waals surface area contributed by atoms with Crippen LogP contribution in [0, 0.1) is 4.77 Å². The van der Waals surface area contributed by atoms with E-state index in [0.29, 0.717) is 17.0 Å². The van der Waals surface area contributed by atoms with Gasteiger partial charge in [0.2, 0.25) is 0 Å². The lowest BCUT2D eigenvalue weighted by Gasteiger charge is -2.01. The Kier molecular flexibility index (Phi) is 2.32. The molecular weight excluding hydrogens is 198 g/mol. The van der Waals surface area contributed by atoms with Crippen LogP contribution in [0.3, 0.4) is 0 Å². The van der Waals surface area contributed by atoms with Gasteiger partial charge in [-0.1, -0.05) is 0 Å². The molecule has 0 unspecified atom stereocenters. The Labute approximate surface area is 85.8 Å². The van der Waals surface area contributed by atoms with Crippen molar-refractivity contribution in [1.82, 2.24) is 9.97 Å². The number of hydrogen-bond acceptors (Lipinski definition) is 4. The highest BCUT2D eigenvalue weighted by molar-refractivity contribution is 7.71. The molecule has 2 aromatic heterocycles. The number of rotatable bonds is 2. The van der Waals surface area contributed by atoms with E-state index < -0.39 is 0 Å². The fourth-order valence-corrected chi connectivity index (χ4v) is 1.34. The summed E-state index contributed by atoms with van der Waals surface area (Å²) in [5.74, 6) is 1.39. The molecular formula is C9H9N3OS. The third kappa shape index (κ3) is 1.82. The number of H-pyrrole nitrogens is 1. The maximum absolute atomic E-state index is 5.73. The first-order chi connectivity index (χ1) is 6.75. The minimum absolute atomic E-state index is 0.394. The zero-order valence-electron chi connectivity index (χ0n) is 7.36. The largest absolute Gasteiger partial charge is 0.469 e. The third-order valence-electron chi connectivity index (χ3n) is 1.87. The van der Waals surface area contributed by atoms with Gasteiger partial charge in [0.1, 0.15) is 11.6 Å². The van der Waals surface area contributed by atoms with Crippen LogP contribution in [0.15, 0.2) is 29.0 Å². The van der Waals surface area contributed by atoms with E-state index in [0.717, 1.165) is 11.3 Å². The van der Waals surface area contributed by atoms with Crippen LogP contribution in [0.25, 0.3) is 0 Å². The molecule has 14 heavy (non-hydrogen) atoms. The van der Waals surface area contributed by atoms with Gasteiger partial charge in [0.15, 0.2) is 4.77 Å². The molecule has 0 amide bonds. The molecule has 2 heterocycles. The molecule has 0 aliphatic heterocycles. The van der Waals surface area contributed by atoms with Crippen molar-refractivity contribution in [2.45, 2.75) is 6.42 Å². The van der Waals surface area contributed by atoms with Crippen LogP contribution in [0.2, 0.25) is 0 Å². The van der Waals surface area contributed by atoms with E-state index in [4.69, 9.17) is 22.4 Å². The Hall–Kier alpha value is -1.62. The lowest BCUT2D eigenvalue weighted by atomic mass is 10.2. The number of nitrogens with one attached hydrogen (secondary N) is 1. The molecule has 0 saturated carbocycles. The number of nitrogens with zero attached hydrogens (tertiary/aromatic N) is 1. The molecule has 5 heteroatoms. The molecule has 4 nitrogen and oxygen atoms in total. The zero-order chi connectivity index (χ0) is 9.97. The van der Waals surface area contributed by atoms with Crippen molar-refractivity contribution in [3.05, 3.63) is 40.7 Å². The maximum Gasteiger partial charge on any atom is 0.198 e. The van der Waals surface area contributed by atoms with Gasteiger partial charge in [-0.15, -0.1) is 0 Å². The number of nitrogen functional groups attached to an aromatic ring is 1. The first kappa shape index (κ1) is 8.96. The van der Waals surface area contributed by atoms with Crippen LogP contribution in [0.5, 0.6) is 0 Å². The van der Waals surface area contributed by atoms with Crippen molar-refractivity contribution in [2.75, 3.05) is 5.73 Å². The molecule has 2 rings (SSSR count). The van der Waals surface area contributed by atoms with Gasteiger partial charge in [0, 0.05) is 18.2 Å².